The maximum absolute atomic E-state index is 3.43. The van der Waals surface area contributed by atoms with Crippen LogP contribution in [0.3, 0.4) is 0 Å². The van der Waals surface area contributed by atoms with Crippen molar-refractivity contribution in [1.82, 2.24) is 10.6 Å². The number of hydrogen-bond donors (Lipinski definition) is 2. The standard InChI is InChI=1S/C8H15N2/c1-2-7-3-5-9-6-8(7)10-4-1/h4,7-10H,1-3,5-6H2. The third-order valence-electron chi connectivity index (χ3n) is 2.64. The highest BCUT2D eigenvalue weighted by atomic mass is 15.0. The lowest BCUT2D eigenvalue weighted by Crippen LogP contribution is -2.50. The molecule has 0 amide bonds. The molecule has 0 aromatic heterocycles. The zero-order valence-electron chi connectivity index (χ0n) is 6.27. The van der Waals surface area contributed by atoms with Gasteiger partial charge >= 0.3 is 0 Å². The lowest BCUT2D eigenvalue weighted by atomic mass is 9.86. The summed E-state index contributed by atoms with van der Waals surface area (Å²) in [7, 11) is 0. The minimum Gasteiger partial charge on any atom is -0.315 e. The Kier molecular flexibility index (Phi) is 1.91. The Hall–Kier alpha value is -0.0800. The Labute approximate surface area is 62.4 Å². The number of rotatable bonds is 0. The van der Waals surface area contributed by atoms with Gasteiger partial charge in [-0.1, -0.05) is 0 Å². The minimum atomic E-state index is 0.738. The van der Waals surface area contributed by atoms with Gasteiger partial charge in [0.2, 0.25) is 0 Å². The predicted molar refractivity (Wildman–Crippen MR) is 41.4 cm³/mol. The largest absolute Gasteiger partial charge is 0.315 e. The highest BCUT2D eigenvalue weighted by Crippen LogP contribution is 2.22. The molecule has 2 heteroatoms. The zero-order chi connectivity index (χ0) is 6.81. The second kappa shape index (κ2) is 2.89. The van der Waals surface area contributed by atoms with E-state index in [0.717, 1.165) is 12.0 Å². The Morgan fingerprint density at radius 3 is 3.20 bits per heavy atom. The Morgan fingerprint density at radius 2 is 2.30 bits per heavy atom. The molecule has 2 rings (SSSR count). The van der Waals surface area contributed by atoms with E-state index in [1.54, 1.807) is 0 Å². The van der Waals surface area contributed by atoms with Crippen LogP contribution in [0.5, 0.6) is 0 Å². The average molecular weight is 139 g/mol. The smallest absolute Gasteiger partial charge is 0.0224 e. The molecule has 2 heterocycles. The van der Waals surface area contributed by atoms with Crippen molar-refractivity contribution in [3.8, 4) is 0 Å². The molecule has 2 N–H and O–H groups in total. The van der Waals surface area contributed by atoms with Gasteiger partial charge in [0.25, 0.3) is 0 Å². The molecule has 2 nitrogen and oxygen atoms in total. The van der Waals surface area contributed by atoms with Crippen molar-refractivity contribution in [3.05, 3.63) is 6.54 Å². The van der Waals surface area contributed by atoms with Gasteiger partial charge in [-0.2, -0.15) is 0 Å². The summed E-state index contributed by atoms with van der Waals surface area (Å²) in [6.07, 6.45) is 4.03. The molecule has 0 aromatic rings. The third kappa shape index (κ3) is 1.18. The molecule has 0 aromatic carbocycles. The van der Waals surface area contributed by atoms with Gasteiger partial charge in [-0.05, 0) is 31.7 Å². The molecule has 0 bridgehead atoms. The fourth-order valence-corrected chi connectivity index (χ4v) is 1.99. The zero-order valence-corrected chi connectivity index (χ0v) is 6.27. The first kappa shape index (κ1) is 6.62. The summed E-state index contributed by atoms with van der Waals surface area (Å²) in [6.45, 7) is 4.61. The molecule has 2 unspecified atom stereocenters. The van der Waals surface area contributed by atoms with Crippen molar-refractivity contribution in [2.45, 2.75) is 25.3 Å². The first-order valence-electron chi connectivity index (χ1n) is 4.25. The molecular formula is C8H15N2. The Morgan fingerprint density at radius 1 is 1.30 bits per heavy atom. The molecule has 2 fully saturated rings. The van der Waals surface area contributed by atoms with E-state index in [1.165, 1.54) is 32.4 Å². The molecule has 57 valence electrons. The molecule has 1 radical (unpaired) electrons. The monoisotopic (exact) mass is 139 g/mol. The number of piperidine rings is 2. The van der Waals surface area contributed by atoms with E-state index < -0.39 is 0 Å². The maximum atomic E-state index is 3.43. The van der Waals surface area contributed by atoms with Gasteiger partial charge in [0.15, 0.2) is 0 Å². The first-order chi connectivity index (χ1) is 4.97. The van der Waals surface area contributed by atoms with Crippen molar-refractivity contribution < 1.29 is 0 Å². The van der Waals surface area contributed by atoms with Crippen molar-refractivity contribution in [2.75, 3.05) is 13.1 Å². The van der Waals surface area contributed by atoms with Crippen LogP contribution in [0.15, 0.2) is 0 Å². The predicted octanol–water partition coefficient (Wildman–Crippen LogP) is 0.510. The van der Waals surface area contributed by atoms with Crippen LogP contribution in [-0.4, -0.2) is 19.1 Å². The van der Waals surface area contributed by atoms with Crippen LogP contribution >= 0.6 is 0 Å². The summed E-state index contributed by atoms with van der Waals surface area (Å²) >= 11 is 0. The summed E-state index contributed by atoms with van der Waals surface area (Å²) in [6, 6.07) is 0.738. The first-order valence-corrected chi connectivity index (χ1v) is 4.25. The Balaban J connectivity index is 1.93. The minimum absolute atomic E-state index is 0.738. The van der Waals surface area contributed by atoms with Crippen LogP contribution in [0.1, 0.15) is 19.3 Å². The molecule has 0 spiro atoms. The van der Waals surface area contributed by atoms with Crippen molar-refractivity contribution >= 4 is 0 Å². The summed E-state index contributed by atoms with van der Waals surface area (Å²) in [5, 5.41) is 6.83. The van der Waals surface area contributed by atoms with E-state index in [-0.39, 0.29) is 0 Å². The number of fused-ring (bicyclic) bond motifs is 1. The summed E-state index contributed by atoms with van der Waals surface area (Å²) in [4.78, 5) is 0. The molecule has 2 saturated heterocycles. The summed E-state index contributed by atoms with van der Waals surface area (Å²) in [5.41, 5.74) is 0. The summed E-state index contributed by atoms with van der Waals surface area (Å²) in [5.74, 6) is 0.950. The fourth-order valence-electron chi connectivity index (χ4n) is 1.99. The molecular weight excluding hydrogens is 124 g/mol. The highest BCUT2D eigenvalue weighted by molar-refractivity contribution is 4.90. The second-order valence-electron chi connectivity index (χ2n) is 3.31. The van der Waals surface area contributed by atoms with Gasteiger partial charge in [-0.3, -0.25) is 0 Å². The van der Waals surface area contributed by atoms with Gasteiger partial charge in [0.1, 0.15) is 0 Å². The van der Waals surface area contributed by atoms with Crippen LogP contribution in [-0.2, 0) is 0 Å². The topological polar surface area (TPSA) is 24.1 Å². The summed E-state index contributed by atoms with van der Waals surface area (Å²) < 4.78 is 0. The Bertz CT molecular complexity index is 87.8. The number of nitrogens with one attached hydrogen (secondary N) is 2. The van der Waals surface area contributed by atoms with Crippen LogP contribution in [0.4, 0.5) is 0 Å². The van der Waals surface area contributed by atoms with Gasteiger partial charge in [-0.25, -0.2) is 0 Å². The second-order valence-corrected chi connectivity index (χ2v) is 3.31. The van der Waals surface area contributed by atoms with E-state index in [0.29, 0.717) is 0 Å². The van der Waals surface area contributed by atoms with Crippen LogP contribution in [0.25, 0.3) is 0 Å². The van der Waals surface area contributed by atoms with E-state index in [9.17, 15) is 0 Å². The van der Waals surface area contributed by atoms with Gasteiger partial charge < -0.3 is 10.6 Å². The maximum Gasteiger partial charge on any atom is 0.0224 e. The highest BCUT2D eigenvalue weighted by Gasteiger charge is 2.26. The van der Waals surface area contributed by atoms with Crippen LogP contribution in [0.2, 0.25) is 0 Å². The molecule has 0 aliphatic carbocycles. The average Bonchev–Trinajstić information content (AvgIpc) is 2.05. The van der Waals surface area contributed by atoms with E-state index in [4.69, 9.17) is 0 Å². The van der Waals surface area contributed by atoms with Gasteiger partial charge in [0.05, 0.1) is 0 Å². The van der Waals surface area contributed by atoms with Gasteiger partial charge in [0, 0.05) is 19.1 Å². The molecule has 0 saturated carbocycles. The van der Waals surface area contributed by atoms with E-state index >= 15 is 0 Å². The quantitative estimate of drug-likeness (QED) is 0.511. The SMILES string of the molecule is [CH]1CCC2CCNCC2N1. The molecule has 2 atom stereocenters. The van der Waals surface area contributed by atoms with Crippen LogP contribution < -0.4 is 10.6 Å². The molecule has 2 aliphatic heterocycles. The molecule has 10 heavy (non-hydrogen) atoms. The van der Waals surface area contributed by atoms with Gasteiger partial charge in [-0.15, -0.1) is 0 Å². The van der Waals surface area contributed by atoms with E-state index in [2.05, 4.69) is 17.2 Å². The van der Waals surface area contributed by atoms with Crippen molar-refractivity contribution in [1.29, 1.82) is 0 Å². The third-order valence-corrected chi connectivity index (χ3v) is 2.64. The lowest BCUT2D eigenvalue weighted by molar-refractivity contribution is 0.245. The van der Waals surface area contributed by atoms with Crippen molar-refractivity contribution in [3.63, 3.8) is 0 Å². The molecule has 2 aliphatic rings. The van der Waals surface area contributed by atoms with E-state index in [1.807, 2.05) is 0 Å². The number of hydrogen-bond acceptors (Lipinski definition) is 2. The fraction of sp³-hybridized carbons (Fsp3) is 0.875. The lowest BCUT2D eigenvalue weighted by Gasteiger charge is -2.36. The normalized spacial score (nSPS) is 40.8. The van der Waals surface area contributed by atoms with Crippen LogP contribution in [0, 0.1) is 12.5 Å². The van der Waals surface area contributed by atoms with Crippen molar-refractivity contribution in [2.24, 2.45) is 5.92 Å².